The van der Waals surface area contributed by atoms with E-state index in [1.807, 2.05) is 24.3 Å². The first-order valence-corrected chi connectivity index (χ1v) is 9.48. The highest BCUT2D eigenvalue weighted by atomic mass is 32.1. The van der Waals surface area contributed by atoms with Crippen molar-refractivity contribution in [3.63, 3.8) is 0 Å². The van der Waals surface area contributed by atoms with E-state index >= 15 is 0 Å². The van der Waals surface area contributed by atoms with E-state index in [0.29, 0.717) is 0 Å². The van der Waals surface area contributed by atoms with Crippen LogP contribution in [-0.4, -0.2) is 22.5 Å². The number of anilines is 1. The van der Waals surface area contributed by atoms with Crippen molar-refractivity contribution in [2.24, 2.45) is 0 Å². The number of nitro benzene ring substituents is 1. The van der Waals surface area contributed by atoms with Gasteiger partial charge in [0.05, 0.1) is 11.5 Å². The molecule has 0 bridgehead atoms. The van der Waals surface area contributed by atoms with Crippen molar-refractivity contribution in [3.8, 4) is 5.75 Å². The zero-order valence-electron chi connectivity index (χ0n) is 15.9. The minimum absolute atomic E-state index is 0.114. The second-order valence-corrected chi connectivity index (χ2v) is 6.49. The summed E-state index contributed by atoms with van der Waals surface area (Å²) in [5.74, 6) is -0.420. The molecule has 2 N–H and O–H groups in total. The summed E-state index contributed by atoms with van der Waals surface area (Å²) in [7, 11) is 0. The number of ether oxygens (including phenoxy) is 1. The van der Waals surface area contributed by atoms with E-state index in [1.165, 1.54) is 23.8 Å². The van der Waals surface area contributed by atoms with E-state index in [4.69, 9.17) is 17.0 Å². The Morgan fingerprint density at radius 1 is 1.18 bits per heavy atom. The number of thiocarbonyl (C=S) groups is 1. The van der Waals surface area contributed by atoms with Crippen LogP contribution in [0.5, 0.6) is 5.75 Å². The third kappa shape index (κ3) is 6.02. The molecule has 2 rings (SSSR count). The molecule has 0 aliphatic heterocycles. The van der Waals surface area contributed by atoms with Crippen LogP contribution < -0.4 is 15.4 Å². The zero-order chi connectivity index (χ0) is 20.5. The minimum atomic E-state index is -0.585. The van der Waals surface area contributed by atoms with Crippen molar-refractivity contribution in [1.29, 1.82) is 0 Å². The van der Waals surface area contributed by atoms with E-state index in [2.05, 4.69) is 17.6 Å². The van der Waals surface area contributed by atoms with Crippen molar-refractivity contribution in [2.45, 2.75) is 33.1 Å². The fourth-order valence-corrected chi connectivity index (χ4v) is 2.76. The Hall–Kier alpha value is -3.00. The molecule has 0 unspecified atom stereocenters. The maximum atomic E-state index is 12.4. The van der Waals surface area contributed by atoms with E-state index in [1.54, 1.807) is 6.92 Å². The van der Waals surface area contributed by atoms with Crippen LogP contribution in [0.3, 0.4) is 0 Å². The van der Waals surface area contributed by atoms with Gasteiger partial charge in [-0.05, 0) is 61.8 Å². The molecule has 7 nitrogen and oxygen atoms in total. The van der Waals surface area contributed by atoms with Gasteiger partial charge in [-0.2, -0.15) is 0 Å². The van der Waals surface area contributed by atoms with Crippen LogP contribution in [0.4, 0.5) is 11.4 Å². The van der Waals surface area contributed by atoms with Gasteiger partial charge in [0.1, 0.15) is 0 Å². The lowest BCUT2D eigenvalue weighted by Crippen LogP contribution is -2.34. The molecule has 0 heterocycles. The molecule has 148 valence electrons. The van der Waals surface area contributed by atoms with Crippen LogP contribution in [0, 0.1) is 10.1 Å². The summed E-state index contributed by atoms with van der Waals surface area (Å²) in [4.78, 5) is 23.0. The van der Waals surface area contributed by atoms with Gasteiger partial charge in [0, 0.05) is 17.3 Å². The highest BCUT2D eigenvalue weighted by Gasteiger charge is 2.19. The predicted molar refractivity (Wildman–Crippen MR) is 113 cm³/mol. The Kier molecular flexibility index (Phi) is 7.88. The first kappa shape index (κ1) is 21.3. The molecular weight excluding hydrogens is 378 g/mol. The Balaban J connectivity index is 2.01. The molecule has 0 saturated heterocycles. The number of unbranched alkanes of at least 4 members (excludes halogenated alkanes) is 1. The number of amides is 1. The lowest BCUT2D eigenvalue weighted by Gasteiger charge is -2.11. The molecule has 0 atom stereocenters. The number of hydrogen-bond acceptors (Lipinski definition) is 5. The van der Waals surface area contributed by atoms with Gasteiger partial charge in [0.25, 0.3) is 5.91 Å². The minimum Gasteiger partial charge on any atom is -0.487 e. The van der Waals surface area contributed by atoms with E-state index in [0.717, 1.165) is 24.9 Å². The van der Waals surface area contributed by atoms with Crippen LogP contribution in [0.15, 0.2) is 42.5 Å². The molecule has 0 spiro atoms. The average Bonchev–Trinajstić information content (AvgIpc) is 2.67. The third-order valence-corrected chi connectivity index (χ3v) is 4.18. The van der Waals surface area contributed by atoms with Gasteiger partial charge in [-0.1, -0.05) is 25.5 Å². The van der Waals surface area contributed by atoms with Gasteiger partial charge in [0.2, 0.25) is 0 Å². The topological polar surface area (TPSA) is 93.5 Å². The predicted octanol–water partition coefficient (Wildman–Crippen LogP) is 4.46. The van der Waals surface area contributed by atoms with Crippen molar-refractivity contribution in [1.82, 2.24) is 5.32 Å². The maximum absolute atomic E-state index is 12.4. The van der Waals surface area contributed by atoms with Gasteiger partial charge < -0.3 is 10.1 Å². The second kappa shape index (κ2) is 10.4. The number of carbonyl (C=O) groups excluding carboxylic acids is 1. The van der Waals surface area contributed by atoms with E-state index < -0.39 is 10.8 Å². The molecule has 28 heavy (non-hydrogen) atoms. The van der Waals surface area contributed by atoms with Crippen LogP contribution in [0.2, 0.25) is 0 Å². The van der Waals surface area contributed by atoms with Gasteiger partial charge in [-0.15, -0.1) is 0 Å². The standard InChI is InChI=1S/C20H23N3O4S/c1-3-5-6-14-7-10-16(11-8-14)21-20(28)22-19(24)15-9-12-18(27-4-2)17(13-15)23(25)26/h7-13H,3-6H2,1-2H3,(H2,21,22,24,28). The molecule has 0 fully saturated rings. The number of benzene rings is 2. The molecule has 0 radical (unpaired) electrons. The smallest absolute Gasteiger partial charge is 0.311 e. The molecule has 8 heteroatoms. The fourth-order valence-electron chi connectivity index (χ4n) is 2.55. The van der Waals surface area contributed by atoms with Crippen molar-refractivity contribution < 1.29 is 14.5 Å². The Bertz CT molecular complexity index is 853. The monoisotopic (exact) mass is 401 g/mol. The summed E-state index contributed by atoms with van der Waals surface area (Å²) >= 11 is 5.17. The van der Waals surface area contributed by atoms with Crippen molar-refractivity contribution in [3.05, 3.63) is 63.7 Å². The number of hydrogen-bond donors (Lipinski definition) is 2. The quantitative estimate of drug-likeness (QED) is 0.385. The summed E-state index contributed by atoms with van der Waals surface area (Å²) in [5, 5.41) is 16.8. The van der Waals surface area contributed by atoms with Crippen LogP contribution >= 0.6 is 12.2 Å². The Morgan fingerprint density at radius 2 is 1.89 bits per heavy atom. The first-order valence-electron chi connectivity index (χ1n) is 9.07. The largest absolute Gasteiger partial charge is 0.487 e. The highest BCUT2D eigenvalue weighted by molar-refractivity contribution is 7.80. The van der Waals surface area contributed by atoms with Gasteiger partial charge in [-0.25, -0.2) is 0 Å². The Labute approximate surface area is 169 Å². The average molecular weight is 401 g/mol. The normalized spacial score (nSPS) is 10.2. The van der Waals surface area contributed by atoms with E-state index in [9.17, 15) is 14.9 Å². The number of carbonyl (C=O) groups is 1. The molecule has 2 aromatic carbocycles. The zero-order valence-corrected chi connectivity index (χ0v) is 16.7. The number of nitro groups is 1. The molecule has 2 aromatic rings. The number of nitrogens with zero attached hydrogens (tertiary/aromatic N) is 1. The molecule has 0 saturated carbocycles. The van der Waals surface area contributed by atoms with Crippen LogP contribution in [0.25, 0.3) is 0 Å². The van der Waals surface area contributed by atoms with Crippen LogP contribution in [0.1, 0.15) is 42.6 Å². The highest BCUT2D eigenvalue weighted by Crippen LogP contribution is 2.28. The summed E-state index contributed by atoms with van der Waals surface area (Å²) in [6.45, 7) is 4.17. The van der Waals surface area contributed by atoms with Crippen molar-refractivity contribution >= 4 is 34.6 Å². The molecule has 0 aliphatic carbocycles. The fraction of sp³-hybridized carbons (Fsp3) is 0.300. The molecule has 0 aromatic heterocycles. The third-order valence-electron chi connectivity index (χ3n) is 3.98. The lowest BCUT2D eigenvalue weighted by molar-refractivity contribution is -0.385. The molecule has 0 aliphatic rings. The summed E-state index contributed by atoms with van der Waals surface area (Å²) in [6.07, 6.45) is 3.30. The number of rotatable bonds is 8. The first-order chi connectivity index (χ1) is 13.4. The maximum Gasteiger partial charge on any atom is 0.311 e. The summed E-state index contributed by atoms with van der Waals surface area (Å²) in [5.41, 5.74) is 1.84. The molecule has 1 amide bonds. The van der Waals surface area contributed by atoms with E-state index in [-0.39, 0.29) is 28.7 Å². The Morgan fingerprint density at radius 3 is 2.50 bits per heavy atom. The molecular formula is C20H23N3O4S. The number of aryl methyl sites for hydroxylation is 1. The van der Waals surface area contributed by atoms with Gasteiger partial charge in [-0.3, -0.25) is 20.2 Å². The van der Waals surface area contributed by atoms with Crippen LogP contribution in [-0.2, 0) is 6.42 Å². The lowest BCUT2D eigenvalue weighted by atomic mass is 10.1. The van der Waals surface area contributed by atoms with Gasteiger partial charge in [0.15, 0.2) is 10.9 Å². The summed E-state index contributed by atoms with van der Waals surface area (Å²) < 4.78 is 5.22. The number of nitrogens with one attached hydrogen (secondary N) is 2. The van der Waals surface area contributed by atoms with Crippen molar-refractivity contribution in [2.75, 3.05) is 11.9 Å². The summed E-state index contributed by atoms with van der Waals surface area (Å²) in [6, 6.07) is 11.8. The SMILES string of the molecule is CCCCc1ccc(NC(=S)NC(=O)c2ccc(OCC)c([N+](=O)[O-])c2)cc1. The second-order valence-electron chi connectivity index (χ2n) is 6.08. The van der Waals surface area contributed by atoms with Gasteiger partial charge >= 0.3 is 5.69 Å².